The third-order valence-electron chi connectivity index (χ3n) is 2.18. The summed E-state index contributed by atoms with van der Waals surface area (Å²) in [5.74, 6) is 0.0151. The summed E-state index contributed by atoms with van der Waals surface area (Å²) in [7, 11) is 0. The van der Waals surface area contributed by atoms with Crippen LogP contribution in [0.15, 0.2) is 9.15 Å². The fraction of sp³-hybridized carbons (Fsp3) is 0.600. The Morgan fingerprint density at radius 3 is 1.92 bits per heavy atom. The van der Waals surface area contributed by atoms with Crippen LogP contribution in [0.5, 0.6) is 0 Å². The van der Waals surface area contributed by atoms with E-state index in [-0.39, 0.29) is 17.0 Å². The van der Waals surface area contributed by atoms with E-state index in [1.807, 2.05) is 43.4 Å². The molecule has 0 atom stereocenters. The highest BCUT2D eigenvalue weighted by Gasteiger charge is 2.36. The normalized spacial score (nSPS) is 22.0. The maximum atomic E-state index is 11.6. The first-order valence-electron chi connectivity index (χ1n) is 4.26. The highest BCUT2D eigenvalue weighted by Crippen LogP contribution is 2.35. The lowest BCUT2D eigenvalue weighted by Gasteiger charge is -2.28. The minimum Gasteiger partial charge on any atom is -0.294 e. The van der Waals surface area contributed by atoms with Crippen molar-refractivity contribution in [3.8, 4) is 0 Å². The highest BCUT2D eigenvalue weighted by molar-refractivity contribution is 14.1. The third-order valence-corrected chi connectivity index (χ3v) is 2.72. The van der Waals surface area contributed by atoms with Crippen molar-refractivity contribution in [3.05, 3.63) is 9.15 Å². The molecular formula is C10H13IO2. The molecule has 1 fully saturated rings. The Labute approximate surface area is 91.9 Å². The summed E-state index contributed by atoms with van der Waals surface area (Å²) in [4.78, 5) is 23.2. The van der Waals surface area contributed by atoms with E-state index in [4.69, 9.17) is 0 Å². The molecule has 0 aromatic heterocycles. The van der Waals surface area contributed by atoms with Crippen molar-refractivity contribution < 1.29 is 9.59 Å². The van der Waals surface area contributed by atoms with Gasteiger partial charge >= 0.3 is 0 Å². The molecule has 1 aliphatic carbocycles. The Bertz CT molecular complexity index is 274. The molecule has 0 N–H and O–H groups in total. The standard InChI is InChI=1S/C10H13IO2/c1-6(11)9-7(12)4-10(2,3)5-8(9)13/h4-5H2,1-3H3. The van der Waals surface area contributed by atoms with Gasteiger partial charge in [0.25, 0.3) is 0 Å². The molecule has 2 nitrogen and oxygen atoms in total. The highest BCUT2D eigenvalue weighted by atomic mass is 127. The van der Waals surface area contributed by atoms with Crippen LogP contribution in [-0.4, -0.2) is 11.6 Å². The van der Waals surface area contributed by atoms with E-state index < -0.39 is 0 Å². The average Bonchev–Trinajstić information content (AvgIpc) is 1.78. The molecule has 0 saturated heterocycles. The Morgan fingerprint density at radius 1 is 1.23 bits per heavy atom. The first-order valence-corrected chi connectivity index (χ1v) is 5.34. The number of carbonyl (C=O) groups is 2. The van der Waals surface area contributed by atoms with Gasteiger partial charge in [-0.25, -0.2) is 0 Å². The summed E-state index contributed by atoms with van der Waals surface area (Å²) in [6, 6.07) is 0. The van der Waals surface area contributed by atoms with Crippen LogP contribution in [-0.2, 0) is 9.59 Å². The molecule has 0 aromatic carbocycles. The first kappa shape index (κ1) is 10.9. The zero-order valence-electron chi connectivity index (χ0n) is 8.11. The molecule has 1 aliphatic rings. The van der Waals surface area contributed by atoms with Crippen LogP contribution in [0, 0.1) is 5.41 Å². The predicted molar refractivity (Wildman–Crippen MR) is 59.7 cm³/mol. The van der Waals surface area contributed by atoms with Crippen molar-refractivity contribution in [1.29, 1.82) is 0 Å². The minimum absolute atomic E-state index is 0.00755. The molecular weight excluding hydrogens is 279 g/mol. The molecule has 0 radical (unpaired) electrons. The van der Waals surface area contributed by atoms with Crippen LogP contribution in [0.2, 0.25) is 0 Å². The van der Waals surface area contributed by atoms with Crippen LogP contribution in [0.1, 0.15) is 33.6 Å². The van der Waals surface area contributed by atoms with Gasteiger partial charge in [-0.05, 0) is 34.9 Å². The van der Waals surface area contributed by atoms with Gasteiger partial charge in [0.15, 0.2) is 11.6 Å². The fourth-order valence-electron chi connectivity index (χ4n) is 1.65. The number of carbonyl (C=O) groups excluding carboxylic acids is 2. The van der Waals surface area contributed by atoms with Crippen LogP contribution in [0.25, 0.3) is 0 Å². The number of rotatable bonds is 0. The van der Waals surface area contributed by atoms with Crippen molar-refractivity contribution in [2.24, 2.45) is 5.41 Å². The molecule has 0 aliphatic heterocycles. The lowest BCUT2D eigenvalue weighted by molar-refractivity contribution is -0.127. The van der Waals surface area contributed by atoms with Gasteiger partial charge in [0, 0.05) is 16.4 Å². The second-order valence-corrected chi connectivity index (χ2v) is 5.89. The van der Waals surface area contributed by atoms with E-state index in [1.54, 1.807) is 0 Å². The molecule has 0 heterocycles. The zero-order valence-corrected chi connectivity index (χ0v) is 10.3. The maximum absolute atomic E-state index is 11.6. The summed E-state index contributed by atoms with van der Waals surface area (Å²) in [6.45, 7) is 5.73. The Hall–Kier alpha value is -0.190. The summed E-state index contributed by atoms with van der Waals surface area (Å²) in [5, 5.41) is 0. The Kier molecular flexibility index (Phi) is 2.95. The number of hydrogen-bond donors (Lipinski definition) is 0. The Morgan fingerprint density at radius 2 is 1.62 bits per heavy atom. The second kappa shape index (κ2) is 3.52. The number of Topliss-reactive ketones (excluding diaryl/α,β-unsaturated/α-hetero) is 2. The van der Waals surface area contributed by atoms with E-state index in [0.717, 1.165) is 3.58 Å². The molecule has 1 rings (SSSR count). The minimum atomic E-state index is -0.149. The van der Waals surface area contributed by atoms with Gasteiger partial charge < -0.3 is 0 Å². The van der Waals surface area contributed by atoms with E-state index >= 15 is 0 Å². The van der Waals surface area contributed by atoms with E-state index in [2.05, 4.69) is 0 Å². The largest absolute Gasteiger partial charge is 0.294 e. The predicted octanol–water partition coefficient (Wildman–Crippen LogP) is 2.65. The van der Waals surface area contributed by atoms with E-state index in [1.165, 1.54) is 0 Å². The topological polar surface area (TPSA) is 34.1 Å². The Balaban J connectivity index is 3.04. The van der Waals surface area contributed by atoms with Crippen molar-refractivity contribution in [2.45, 2.75) is 33.6 Å². The van der Waals surface area contributed by atoms with Gasteiger partial charge in [-0.15, -0.1) is 0 Å². The lowest BCUT2D eigenvalue weighted by Crippen LogP contribution is -2.31. The third kappa shape index (κ3) is 2.39. The van der Waals surface area contributed by atoms with Gasteiger partial charge in [-0.3, -0.25) is 9.59 Å². The first-order chi connectivity index (χ1) is 5.83. The van der Waals surface area contributed by atoms with Crippen molar-refractivity contribution >= 4 is 34.2 Å². The van der Waals surface area contributed by atoms with Gasteiger partial charge in [-0.2, -0.15) is 0 Å². The average molecular weight is 292 g/mol. The van der Waals surface area contributed by atoms with Gasteiger partial charge in [0.1, 0.15) is 0 Å². The smallest absolute Gasteiger partial charge is 0.167 e. The van der Waals surface area contributed by atoms with Crippen molar-refractivity contribution in [3.63, 3.8) is 0 Å². The quantitative estimate of drug-likeness (QED) is 0.391. The monoisotopic (exact) mass is 292 g/mol. The number of hydrogen-bond acceptors (Lipinski definition) is 2. The van der Waals surface area contributed by atoms with Crippen LogP contribution >= 0.6 is 22.6 Å². The van der Waals surface area contributed by atoms with Crippen LogP contribution in [0.4, 0.5) is 0 Å². The van der Waals surface area contributed by atoms with E-state index in [0.29, 0.717) is 18.4 Å². The second-order valence-electron chi connectivity index (χ2n) is 4.27. The van der Waals surface area contributed by atoms with Crippen LogP contribution in [0.3, 0.4) is 0 Å². The molecule has 72 valence electrons. The fourth-order valence-corrected chi connectivity index (χ4v) is 2.25. The molecule has 3 heteroatoms. The SMILES string of the molecule is CC(I)=C1C(=O)CC(C)(C)CC1=O. The number of allylic oxidation sites excluding steroid dienone is 2. The summed E-state index contributed by atoms with van der Waals surface area (Å²) in [6.07, 6.45) is 0.989. The van der Waals surface area contributed by atoms with Gasteiger partial charge in [0.2, 0.25) is 0 Å². The number of halogens is 1. The van der Waals surface area contributed by atoms with Gasteiger partial charge in [0.05, 0.1) is 5.57 Å². The molecule has 0 unspecified atom stereocenters. The molecule has 0 amide bonds. The van der Waals surface area contributed by atoms with E-state index in [9.17, 15) is 9.59 Å². The van der Waals surface area contributed by atoms with Crippen molar-refractivity contribution in [2.75, 3.05) is 0 Å². The maximum Gasteiger partial charge on any atom is 0.167 e. The van der Waals surface area contributed by atoms with Crippen molar-refractivity contribution in [1.82, 2.24) is 0 Å². The molecule has 13 heavy (non-hydrogen) atoms. The molecule has 0 spiro atoms. The molecule has 0 aromatic rings. The lowest BCUT2D eigenvalue weighted by atomic mass is 9.74. The number of ketones is 2. The summed E-state index contributed by atoms with van der Waals surface area (Å²) < 4.78 is 0.822. The van der Waals surface area contributed by atoms with Gasteiger partial charge in [-0.1, -0.05) is 13.8 Å². The summed E-state index contributed by atoms with van der Waals surface area (Å²) >= 11 is 2.04. The van der Waals surface area contributed by atoms with Crippen LogP contribution < -0.4 is 0 Å². The molecule has 0 bridgehead atoms. The molecule has 1 saturated carbocycles. The summed E-state index contributed by atoms with van der Waals surface area (Å²) in [5.41, 5.74) is 0.281. The zero-order chi connectivity index (χ0) is 10.2.